The number of hydrogen-bond acceptors (Lipinski definition) is 0. The third-order valence-corrected chi connectivity index (χ3v) is 11.3. The van der Waals surface area contributed by atoms with Crippen molar-refractivity contribution >= 4 is 0 Å². The molecule has 2 aliphatic carbocycles. The van der Waals surface area contributed by atoms with E-state index in [1.165, 1.54) is 12.8 Å². The minimum atomic E-state index is -0.601. The smallest absolute Gasteiger partial charge is 0.0564 e. The van der Waals surface area contributed by atoms with Gasteiger partial charge >= 0.3 is 130 Å². The fourth-order valence-corrected chi connectivity index (χ4v) is 7.96. The minimum Gasteiger partial charge on any atom is -0.0654 e. The van der Waals surface area contributed by atoms with Crippen molar-refractivity contribution in [3.8, 4) is 0 Å². The summed E-state index contributed by atoms with van der Waals surface area (Å²) in [6, 6.07) is 0. The van der Waals surface area contributed by atoms with Crippen molar-refractivity contribution in [3.63, 3.8) is 0 Å². The Kier molecular flexibility index (Phi) is 7.99. The molecule has 0 spiro atoms. The summed E-state index contributed by atoms with van der Waals surface area (Å²) in [7, 11) is 0. The van der Waals surface area contributed by atoms with Gasteiger partial charge in [-0.15, -0.1) is 0 Å². The van der Waals surface area contributed by atoms with Crippen molar-refractivity contribution in [1.82, 2.24) is 0 Å². The van der Waals surface area contributed by atoms with Gasteiger partial charge in [-0.25, -0.2) is 0 Å². The second-order valence-electron chi connectivity index (χ2n) is 7.26. The molecule has 0 aromatic heterocycles. The standard InChI is InChI=1S/2C9H13.C4H10.Zr/c2*1-6-5-7(2)9(4)8(6)3;1-3-4-2;/h2*6H,1-4H3;3-4H2,1-2H3;. The zero-order valence-corrected chi connectivity index (χ0v) is 19.5. The Balaban J connectivity index is 0.000000593. The molecule has 0 N–H and O–H groups in total. The Hall–Kier alpha value is -0.157. The fraction of sp³-hybridized carbons (Fsp3) is 0.636. The molecule has 23 heavy (non-hydrogen) atoms. The van der Waals surface area contributed by atoms with E-state index in [4.69, 9.17) is 0 Å². The topological polar surface area (TPSA) is 0 Å². The van der Waals surface area contributed by atoms with Crippen molar-refractivity contribution in [3.05, 3.63) is 40.0 Å². The van der Waals surface area contributed by atoms with Gasteiger partial charge < -0.3 is 0 Å². The van der Waals surface area contributed by atoms with Crippen LogP contribution in [0, 0.1) is 11.8 Å². The molecule has 0 saturated heterocycles. The Morgan fingerprint density at radius 3 is 1.09 bits per heavy atom. The maximum Gasteiger partial charge on any atom is -0.0564 e. The average molecular weight is 392 g/mol. The van der Waals surface area contributed by atoms with Crippen LogP contribution in [0.1, 0.15) is 82.1 Å². The van der Waals surface area contributed by atoms with Crippen LogP contribution in [0.3, 0.4) is 0 Å². The van der Waals surface area contributed by atoms with E-state index < -0.39 is 23.2 Å². The van der Waals surface area contributed by atoms with E-state index >= 15 is 0 Å². The first kappa shape index (κ1) is 20.9. The molecule has 0 aromatic carbocycles. The fourth-order valence-electron chi connectivity index (χ4n) is 3.28. The zero-order valence-electron chi connectivity index (χ0n) is 17.1. The summed E-state index contributed by atoms with van der Waals surface area (Å²) in [5.41, 5.74) is 9.58. The number of unbranched alkanes of at least 4 members (excludes halogenated alkanes) is 1. The molecule has 1 heteroatoms. The van der Waals surface area contributed by atoms with Crippen molar-refractivity contribution in [1.29, 1.82) is 0 Å². The van der Waals surface area contributed by atoms with Gasteiger partial charge in [0.2, 0.25) is 0 Å². The van der Waals surface area contributed by atoms with Gasteiger partial charge in [0.25, 0.3) is 0 Å². The van der Waals surface area contributed by atoms with Gasteiger partial charge in [0, 0.05) is 0 Å². The van der Waals surface area contributed by atoms with E-state index in [2.05, 4.69) is 69.2 Å². The predicted octanol–water partition coefficient (Wildman–Crippen LogP) is 7.40. The third-order valence-electron chi connectivity index (χ3n) is 6.05. The van der Waals surface area contributed by atoms with Crippen LogP contribution in [-0.4, -0.2) is 0 Å². The van der Waals surface area contributed by atoms with Gasteiger partial charge in [-0.05, 0) is 0 Å². The van der Waals surface area contributed by atoms with Crippen LogP contribution in [0.15, 0.2) is 40.0 Å². The molecule has 0 nitrogen and oxygen atoms in total. The van der Waals surface area contributed by atoms with E-state index in [9.17, 15) is 0 Å². The second kappa shape index (κ2) is 8.80. The van der Waals surface area contributed by atoms with Crippen LogP contribution in [-0.2, 0) is 23.2 Å². The van der Waals surface area contributed by atoms with Gasteiger partial charge in [-0.2, -0.15) is 0 Å². The SMILES string of the molecule is CC1=C(C)C(C)[C]([Zr][C]2=C(C)C(C)=C(C)C2C)=C1C.CCCC. The molecule has 2 unspecified atom stereocenters. The molecule has 0 radical (unpaired) electrons. The molecule has 0 aromatic rings. The molecular weight excluding hydrogens is 355 g/mol. The van der Waals surface area contributed by atoms with Crippen LogP contribution in [0.4, 0.5) is 0 Å². The van der Waals surface area contributed by atoms with E-state index in [0.29, 0.717) is 11.8 Å². The quantitative estimate of drug-likeness (QED) is 0.470. The molecule has 0 saturated carbocycles. The Bertz CT molecular complexity index is 529. The normalized spacial score (nSPS) is 24.6. The van der Waals surface area contributed by atoms with Gasteiger partial charge in [0.1, 0.15) is 0 Å². The van der Waals surface area contributed by atoms with Crippen molar-refractivity contribution in [2.24, 2.45) is 11.8 Å². The maximum atomic E-state index is 2.41. The summed E-state index contributed by atoms with van der Waals surface area (Å²) >= 11 is -0.601. The molecule has 2 rings (SSSR count). The molecule has 128 valence electrons. The van der Waals surface area contributed by atoms with Gasteiger partial charge in [-0.3, -0.25) is 0 Å². The molecule has 0 amide bonds. The maximum absolute atomic E-state index is 2.41. The number of hydrogen-bond donors (Lipinski definition) is 0. The van der Waals surface area contributed by atoms with Crippen molar-refractivity contribution < 1.29 is 23.2 Å². The van der Waals surface area contributed by atoms with Gasteiger partial charge in [0.05, 0.1) is 0 Å². The zero-order chi connectivity index (χ0) is 17.9. The van der Waals surface area contributed by atoms with Gasteiger partial charge in [-0.1, -0.05) is 26.7 Å². The molecule has 0 aliphatic heterocycles. The van der Waals surface area contributed by atoms with E-state index in [1.807, 2.05) is 6.56 Å². The number of allylic oxidation sites excluding steroid dienone is 8. The minimum absolute atomic E-state index is 0.601. The van der Waals surface area contributed by atoms with Crippen LogP contribution < -0.4 is 0 Å². The first-order chi connectivity index (χ1) is 10.7. The molecule has 2 aliphatic rings. The summed E-state index contributed by atoms with van der Waals surface area (Å²) < 4.78 is 3.64. The van der Waals surface area contributed by atoms with Crippen molar-refractivity contribution in [2.45, 2.75) is 82.1 Å². The Morgan fingerprint density at radius 2 is 0.913 bits per heavy atom. The summed E-state index contributed by atoms with van der Waals surface area (Å²) in [6.07, 6.45) is 2.64. The largest absolute Gasteiger partial charge is 0.0654 e. The number of rotatable bonds is 3. The van der Waals surface area contributed by atoms with Gasteiger partial charge in [0.15, 0.2) is 0 Å². The van der Waals surface area contributed by atoms with Crippen LogP contribution in [0.5, 0.6) is 0 Å². The summed E-state index contributed by atoms with van der Waals surface area (Å²) in [5.74, 6) is 1.42. The van der Waals surface area contributed by atoms with E-state index in [1.54, 1.807) is 33.4 Å². The summed E-state index contributed by atoms with van der Waals surface area (Å²) in [4.78, 5) is 0. The average Bonchev–Trinajstić information content (AvgIpc) is 2.84. The Labute approximate surface area is 156 Å². The van der Waals surface area contributed by atoms with E-state index in [0.717, 1.165) is 0 Å². The van der Waals surface area contributed by atoms with Crippen molar-refractivity contribution in [2.75, 3.05) is 0 Å². The summed E-state index contributed by atoms with van der Waals surface area (Å²) in [5, 5.41) is 0. The molecular formula is C22H36Zr. The van der Waals surface area contributed by atoms with E-state index in [-0.39, 0.29) is 0 Å². The Morgan fingerprint density at radius 1 is 0.609 bits per heavy atom. The van der Waals surface area contributed by atoms with Crippen LogP contribution in [0.2, 0.25) is 0 Å². The molecule has 0 fully saturated rings. The molecule has 2 atom stereocenters. The monoisotopic (exact) mass is 390 g/mol. The first-order valence-corrected chi connectivity index (χ1v) is 11.7. The second-order valence-corrected chi connectivity index (χ2v) is 10.5. The third kappa shape index (κ3) is 4.28. The molecule has 0 heterocycles. The first-order valence-electron chi connectivity index (χ1n) is 9.22. The molecule has 0 bridgehead atoms. The predicted molar refractivity (Wildman–Crippen MR) is 101 cm³/mol. The van der Waals surface area contributed by atoms with Crippen LogP contribution >= 0.6 is 0 Å². The van der Waals surface area contributed by atoms with Crippen LogP contribution in [0.25, 0.3) is 0 Å². The summed E-state index contributed by atoms with van der Waals surface area (Å²) in [6.45, 7) is 23.1.